The predicted molar refractivity (Wildman–Crippen MR) is 99.4 cm³/mol. The monoisotopic (exact) mass is 408 g/mol. The first-order valence-corrected chi connectivity index (χ1v) is 9.06. The van der Waals surface area contributed by atoms with Crippen LogP contribution in [0.1, 0.15) is 54.3 Å². The number of rotatable bonds is 4. The van der Waals surface area contributed by atoms with Gasteiger partial charge in [0.15, 0.2) is 0 Å². The van der Waals surface area contributed by atoms with Crippen LogP contribution in [0.3, 0.4) is 0 Å². The topological polar surface area (TPSA) is 0 Å². The molecule has 21 heavy (non-hydrogen) atoms. The Bertz CT molecular complexity index is 612. The van der Waals surface area contributed by atoms with Crippen LogP contribution in [0.2, 0.25) is 0 Å². The fourth-order valence-electron chi connectivity index (χ4n) is 2.32. The molecule has 0 aliphatic carbocycles. The minimum Gasteiger partial charge on any atom is -0.0786 e. The number of hydrogen-bond donors (Lipinski definition) is 0. The smallest absolute Gasteiger partial charge is 0.0655 e. The molecule has 2 aromatic carbocycles. The lowest BCUT2D eigenvalue weighted by Crippen LogP contribution is -2.15. The highest BCUT2D eigenvalue weighted by Gasteiger charge is 2.19. The molecule has 0 aliphatic heterocycles. The maximum absolute atomic E-state index is 3.83. The van der Waals surface area contributed by atoms with E-state index in [4.69, 9.17) is 0 Å². The maximum atomic E-state index is 3.83. The molecular formula is C19H22Br2. The third-order valence-electron chi connectivity index (χ3n) is 4.30. The van der Waals surface area contributed by atoms with E-state index in [-0.39, 0.29) is 10.2 Å². The Labute approximate surface area is 145 Å². The molecule has 0 saturated heterocycles. The summed E-state index contributed by atoms with van der Waals surface area (Å²) in [7, 11) is 0. The molecule has 0 nitrogen and oxygen atoms in total. The van der Waals surface area contributed by atoms with Gasteiger partial charge < -0.3 is 0 Å². The lowest BCUT2D eigenvalue weighted by Gasteiger charge is -2.24. The van der Waals surface area contributed by atoms with Gasteiger partial charge in [0.1, 0.15) is 0 Å². The van der Waals surface area contributed by atoms with E-state index in [2.05, 4.69) is 102 Å². The van der Waals surface area contributed by atoms with Gasteiger partial charge in [0, 0.05) is 4.47 Å². The summed E-state index contributed by atoms with van der Waals surface area (Å²) in [6.07, 6.45) is 1.15. The first kappa shape index (κ1) is 16.8. The molecular weight excluding hydrogens is 388 g/mol. The number of alkyl halides is 1. The van der Waals surface area contributed by atoms with E-state index in [1.807, 2.05) is 0 Å². The Morgan fingerprint density at radius 1 is 1.05 bits per heavy atom. The Morgan fingerprint density at radius 3 is 2.19 bits per heavy atom. The van der Waals surface area contributed by atoms with Gasteiger partial charge in [-0.2, -0.15) is 0 Å². The number of aryl methyl sites for hydroxylation is 1. The van der Waals surface area contributed by atoms with Gasteiger partial charge >= 0.3 is 0 Å². The van der Waals surface area contributed by atoms with Crippen molar-refractivity contribution in [3.63, 3.8) is 0 Å². The zero-order valence-corrected chi connectivity index (χ0v) is 16.3. The summed E-state index contributed by atoms with van der Waals surface area (Å²) in [6.45, 7) is 8.94. The van der Waals surface area contributed by atoms with Gasteiger partial charge in [0.2, 0.25) is 0 Å². The fraction of sp³-hybridized carbons (Fsp3) is 0.368. The molecule has 2 rings (SSSR count). The third-order valence-corrected chi connectivity index (χ3v) is 6.01. The van der Waals surface area contributed by atoms with Crippen molar-refractivity contribution in [1.82, 2.24) is 0 Å². The van der Waals surface area contributed by atoms with E-state index < -0.39 is 0 Å². The third kappa shape index (κ3) is 3.78. The van der Waals surface area contributed by atoms with Crippen LogP contribution >= 0.6 is 31.9 Å². The standard InChI is InChI=1S/C19H22Br2/c1-5-19(3,4)15-9-7-14(8-10-15)18(21)16-11-6-13(2)12-17(16)20/h6-12,18H,5H2,1-4H3. The van der Waals surface area contributed by atoms with Crippen LogP contribution in [-0.2, 0) is 5.41 Å². The van der Waals surface area contributed by atoms with Gasteiger partial charge in [-0.15, -0.1) is 0 Å². The van der Waals surface area contributed by atoms with Gasteiger partial charge in [0.05, 0.1) is 4.83 Å². The van der Waals surface area contributed by atoms with Crippen molar-refractivity contribution >= 4 is 31.9 Å². The van der Waals surface area contributed by atoms with Crippen LogP contribution in [0.5, 0.6) is 0 Å². The Morgan fingerprint density at radius 2 is 1.67 bits per heavy atom. The molecule has 1 atom stereocenters. The minimum atomic E-state index is 0.214. The van der Waals surface area contributed by atoms with Gasteiger partial charge in [-0.3, -0.25) is 0 Å². The molecule has 1 unspecified atom stereocenters. The molecule has 0 saturated carbocycles. The van der Waals surface area contributed by atoms with E-state index in [1.54, 1.807) is 0 Å². The van der Waals surface area contributed by atoms with Crippen LogP contribution in [0.4, 0.5) is 0 Å². The molecule has 112 valence electrons. The highest BCUT2D eigenvalue weighted by molar-refractivity contribution is 9.11. The lowest BCUT2D eigenvalue weighted by atomic mass is 9.82. The average Bonchev–Trinajstić information content (AvgIpc) is 2.47. The number of hydrogen-bond acceptors (Lipinski definition) is 0. The fourth-order valence-corrected chi connectivity index (χ4v) is 4.06. The zero-order chi connectivity index (χ0) is 15.6. The Kier molecular flexibility index (Phi) is 5.32. The molecule has 0 heterocycles. The van der Waals surface area contributed by atoms with Crippen molar-refractivity contribution in [2.75, 3.05) is 0 Å². The minimum absolute atomic E-state index is 0.214. The van der Waals surface area contributed by atoms with Crippen LogP contribution in [0.15, 0.2) is 46.9 Å². The molecule has 0 fully saturated rings. The Hall–Kier alpha value is -0.600. The maximum Gasteiger partial charge on any atom is 0.0655 e. The molecule has 2 heteroatoms. The molecule has 0 radical (unpaired) electrons. The molecule has 2 aromatic rings. The highest BCUT2D eigenvalue weighted by Crippen LogP contribution is 2.37. The molecule has 0 amide bonds. The van der Waals surface area contributed by atoms with Crippen molar-refractivity contribution in [3.8, 4) is 0 Å². The summed E-state index contributed by atoms with van der Waals surface area (Å²) in [4.78, 5) is 0.214. The van der Waals surface area contributed by atoms with Crippen molar-refractivity contribution < 1.29 is 0 Å². The van der Waals surface area contributed by atoms with E-state index in [1.165, 1.54) is 22.3 Å². The van der Waals surface area contributed by atoms with Crippen molar-refractivity contribution in [1.29, 1.82) is 0 Å². The van der Waals surface area contributed by atoms with Crippen LogP contribution in [0, 0.1) is 6.92 Å². The van der Waals surface area contributed by atoms with Crippen molar-refractivity contribution in [2.24, 2.45) is 0 Å². The van der Waals surface area contributed by atoms with E-state index in [9.17, 15) is 0 Å². The van der Waals surface area contributed by atoms with Gasteiger partial charge in [-0.1, -0.05) is 89.0 Å². The normalized spacial score (nSPS) is 13.2. The summed E-state index contributed by atoms with van der Waals surface area (Å²) in [6, 6.07) is 15.5. The summed E-state index contributed by atoms with van der Waals surface area (Å²) in [5.74, 6) is 0. The Balaban J connectivity index is 2.30. The molecule has 0 spiro atoms. The summed E-state index contributed by atoms with van der Waals surface area (Å²) < 4.78 is 1.15. The van der Waals surface area contributed by atoms with Crippen LogP contribution < -0.4 is 0 Å². The predicted octanol–water partition coefficient (Wildman–Crippen LogP) is 6.93. The highest BCUT2D eigenvalue weighted by atomic mass is 79.9. The molecule has 0 N–H and O–H groups in total. The first-order valence-electron chi connectivity index (χ1n) is 7.35. The van der Waals surface area contributed by atoms with Crippen LogP contribution in [0.25, 0.3) is 0 Å². The van der Waals surface area contributed by atoms with Gasteiger partial charge in [-0.25, -0.2) is 0 Å². The summed E-state index contributed by atoms with van der Waals surface area (Å²) >= 11 is 7.50. The SMILES string of the molecule is CCC(C)(C)c1ccc(C(Br)c2ccc(C)cc2Br)cc1. The summed E-state index contributed by atoms with van der Waals surface area (Å²) in [5, 5.41) is 0. The second kappa shape index (κ2) is 6.66. The second-order valence-corrected chi connectivity index (χ2v) is 8.02. The number of benzene rings is 2. The first-order chi connectivity index (χ1) is 9.85. The quantitative estimate of drug-likeness (QED) is 0.480. The largest absolute Gasteiger partial charge is 0.0786 e. The van der Waals surface area contributed by atoms with Crippen molar-refractivity contribution in [3.05, 3.63) is 69.2 Å². The molecule has 0 aliphatic rings. The second-order valence-electron chi connectivity index (χ2n) is 6.25. The number of halogens is 2. The average molecular weight is 410 g/mol. The van der Waals surface area contributed by atoms with Crippen molar-refractivity contribution in [2.45, 2.75) is 44.4 Å². The van der Waals surface area contributed by atoms with Crippen LogP contribution in [-0.4, -0.2) is 0 Å². The van der Waals surface area contributed by atoms with Gasteiger partial charge in [-0.05, 0) is 47.1 Å². The van der Waals surface area contributed by atoms with Gasteiger partial charge in [0.25, 0.3) is 0 Å². The summed E-state index contributed by atoms with van der Waals surface area (Å²) in [5.41, 5.74) is 5.46. The zero-order valence-electron chi connectivity index (χ0n) is 13.1. The van der Waals surface area contributed by atoms with E-state index in [0.29, 0.717) is 0 Å². The lowest BCUT2D eigenvalue weighted by molar-refractivity contribution is 0.506. The van der Waals surface area contributed by atoms with E-state index >= 15 is 0 Å². The molecule has 0 aromatic heterocycles. The van der Waals surface area contributed by atoms with E-state index in [0.717, 1.165) is 10.9 Å². The molecule has 0 bridgehead atoms.